The highest BCUT2D eigenvalue weighted by atomic mass is 16.3. The van der Waals surface area contributed by atoms with Crippen LogP contribution in [-0.2, 0) is 52.7 Å². The quantitative estimate of drug-likeness (QED) is 0.101. The largest absolute Gasteiger partial charge is 0.391 e. The Labute approximate surface area is 518 Å². The molecule has 87 heavy (non-hydrogen) atoms. The van der Waals surface area contributed by atoms with E-state index >= 15 is 4.79 Å². The molecular weight excluding hydrogens is 1120 g/mol. The van der Waals surface area contributed by atoms with Crippen LogP contribution in [0, 0.1) is 35.5 Å². The van der Waals surface area contributed by atoms with Gasteiger partial charge in [0.25, 0.3) is 0 Å². The number of aliphatic hydroxyl groups is 3. The molecule has 0 bridgehead atoms. The highest BCUT2D eigenvalue weighted by Gasteiger charge is 2.45. The molecule has 1 aliphatic heterocycles. The van der Waals surface area contributed by atoms with Gasteiger partial charge in [0.15, 0.2) is 0 Å². The fraction of sp³-hybridized carbons (Fsp3) is 0.790. The number of hydrogen-bond acceptors (Lipinski definition) is 14. The number of rotatable bonds is 16. The third-order valence-corrected chi connectivity index (χ3v) is 15.7. The van der Waals surface area contributed by atoms with Gasteiger partial charge in [0.05, 0.1) is 24.4 Å². The van der Waals surface area contributed by atoms with Crippen LogP contribution in [0.25, 0.3) is 0 Å². The number of carbonyl (C=O) groups is 11. The third-order valence-electron chi connectivity index (χ3n) is 15.7. The summed E-state index contributed by atoms with van der Waals surface area (Å²) in [6.45, 7) is 27.5. The summed E-state index contributed by atoms with van der Waals surface area (Å²) in [7, 11) is 7.94. The second-order valence-corrected chi connectivity index (χ2v) is 26.8. The maximum Gasteiger partial charge on any atom is 0.248 e. The molecule has 0 spiro atoms. The van der Waals surface area contributed by atoms with Gasteiger partial charge in [-0.3, -0.25) is 52.7 Å². The summed E-state index contributed by atoms with van der Waals surface area (Å²) in [5, 5.41) is 47.8. The lowest BCUT2D eigenvalue weighted by Crippen LogP contribution is -2.64. The SMILES string of the molecule is CC=CC[C@@H](C)[C@@H](O)[C@H]1C(=O)N[C@@H]([C@@H](C)O)C(=O)N(C)CC(=O)N(C)[C@@H](CC(C)C)C(=O)N[C@@H](CC(C)C)C(=O)N(C)[C@@H](CC(C)C)C(=O)N[C@@H](C)C(=O)N[C@H](C)C(=O)N(C)[C@@H](CC(C)(C)O)C(=O)N[C@@H](CC(C)C)C(=O)N(C)[C@@H](C(C)C)C(=O)N1C. The zero-order valence-corrected chi connectivity index (χ0v) is 56.5. The molecule has 0 aliphatic carbocycles. The van der Waals surface area contributed by atoms with Gasteiger partial charge in [-0.15, -0.1) is 0 Å². The van der Waals surface area contributed by atoms with Crippen LogP contribution in [-0.4, -0.2) is 237 Å². The molecule has 0 aromatic rings. The van der Waals surface area contributed by atoms with Crippen LogP contribution in [0.15, 0.2) is 12.2 Å². The van der Waals surface area contributed by atoms with E-state index in [0.717, 1.165) is 24.5 Å². The molecule has 1 fully saturated rings. The number of carbonyl (C=O) groups excluding carboxylic acids is 11. The Balaban J connectivity index is 4.37. The van der Waals surface area contributed by atoms with Crippen LogP contribution in [0.4, 0.5) is 0 Å². The van der Waals surface area contributed by atoms with E-state index in [1.54, 1.807) is 53.7 Å². The van der Waals surface area contributed by atoms with Crippen LogP contribution in [0.2, 0.25) is 0 Å². The fourth-order valence-electron chi connectivity index (χ4n) is 10.6. The number of hydrogen-bond donors (Lipinski definition) is 8. The van der Waals surface area contributed by atoms with E-state index in [0.29, 0.717) is 0 Å². The van der Waals surface area contributed by atoms with Crippen molar-refractivity contribution in [3.8, 4) is 0 Å². The molecule has 11 amide bonds. The summed E-state index contributed by atoms with van der Waals surface area (Å²) < 4.78 is 0. The highest BCUT2D eigenvalue weighted by Crippen LogP contribution is 2.24. The van der Waals surface area contributed by atoms with Gasteiger partial charge in [-0.05, 0) is 109 Å². The summed E-state index contributed by atoms with van der Waals surface area (Å²) in [6.07, 6.45) is 0.521. The molecule has 13 atom stereocenters. The Bertz CT molecular complexity index is 2390. The molecule has 1 aliphatic rings. The van der Waals surface area contributed by atoms with Gasteiger partial charge < -0.3 is 71.3 Å². The second-order valence-electron chi connectivity index (χ2n) is 26.8. The number of nitrogens with one attached hydrogen (secondary N) is 5. The lowest BCUT2D eigenvalue weighted by molar-refractivity contribution is -0.155. The smallest absolute Gasteiger partial charge is 0.248 e. The minimum atomic E-state index is -1.76. The van der Waals surface area contributed by atoms with E-state index in [4.69, 9.17) is 0 Å². The van der Waals surface area contributed by atoms with Gasteiger partial charge in [0, 0.05) is 48.7 Å². The predicted molar refractivity (Wildman–Crippen MR) is 331 cm³/mol. The molecule has 1 heterocycles. The molecule has 1 rings (SSSR count). The highest BCUT2D eigenvalue weighted by molar-refractivity contribution is 5.99. The van der Waals surface area contributed by atoms with Gasteiger partial charge in [-0.2, -0.15) is 0 Å². The van der Waals surface area contributed by atoms with Crippen LogP contribution in [0.5, 0.6) is 0 Å². The first kappa shape index (κ1) is 78.8. The Morgan fingerprint density at radius 3 is 1.34 bits per heavy atom. The molecule has 1 saturated heterocycles. The van der Waals surface area contributed by atoms with Crippen LogP contribution in [0.1, 0.15) is 156 Å². The number of amides is 11. The van der Waals surface area contributed by atoms with Crippen molar-refractivity contribution in [1.82, 2.24) is 56.0 Å². The lowest BCUT2D eigenvalue weighted by Gasteiger charge is -2.40. The van der Waals surface area contributed by atoms with Crippen LogP contribution >= 0.6 is 0 Å². The van der Waals surface area contributed by atoms with Gasteiger partial charge in [0.2, 0.25) is 65.0 Å². The Kier molecular flexibility index (Phi) is 31.8. The molecule has 0 aromatic carbocycles. The second kappa shape index (κ2) is 35.1. The van der Waals surface area contributed by atoms with Gasteiger partial charge >= 0.3 is 0 Å². The van der Waals surface area contributed by atoms with E-state index in [2.05, 4.69) is 26.6 Å². The molecule has 25 nitrogen and oxygen atoms in total. The molecule has 0 saturated carbocycles. The standard InChI is InChI=1S/C62H111N11O14/c1-24-25-26-38(12)51(76)50-56(81)67-48(41(15)74)60(85)68(18)32-47(75)69(19)44(29-35(6)7)54(79)65-42(27-33(2)3)58(83)70(20)45(30-36(8)9)53(78)63-39(13)52(77)64-40(14)57(82)71(21)46(31-62(16,17)87)55(80)66-43(28-34(4)5)59(84)72(22)49(37(10)11)61(86)73(50)23/h24-25,33-46,48-51,74,76,87H,26-32H2,1-23H3,(H,63,78)(H,64,77)(H,65,79)(H,66,80)(H,67,81)/t38-,39+,40-,41-,42+,43+,44+,45+,46+,48+,49+,50+,51-/m1/s1. The van der Waals surface area contributed by atoms with Crippen molar-refractivity contribution < 1.29 is 68.1 Å². The van der Waals surface area contributed by atoms with Gasteiger partial charge in [-0.25, -0.2) is 0 Å². The summed E-state index contributed by atoms with van der Waals surface area (Å²) in [5.41, 5.74) is -1.58. The number of likely N-dealkylation sites (N-methyl/N-ethyl adjacent to an activating group) is 6. The maximum atomic E-state index is 15.1. The van der Waals surface area contributed by atoms with Crippen LogP contribution < -0.4 is 26.6 Å². The monoisotopic (exact) mass is 1230 g/mol. The fourth-order valence-corrected chi connectivity index (χ4v) is 10.6. The molecule has 0 radical (unpaired) electrons. The first-order valence-electron chi connectivity index (χ1n) is 30.7. The molecule has 8 N–H and O–H groups in total. The molecule has 0 unspecified atom stereocenters. The van der Waals surface area contributed by atoms with Gasteiger partial charge in [0.1, 0.15) is 60.4 Å². The van der Waals surface area contributed by atoms with Gasteiger partial charge in [-0.1, -0.05) is 88.3 Å². The van der Waals surface area contributed by atoms with Crippen molar-refractivity contribution >= 4 is 65.0 Å². The van der Waals surface area contributed by atoms with Crippen molar-refractivity contribution in [1.29, 1.82) is 0 Å². The number of nitrogens with zero attached hydrogens (tertiary/aromatic N) is 6. The average molecular weight is 1230 g/mol. The normalized spacial score (nSPS) is 27.0. The first-order chi connectivity index (χ1) is 39.9. The van der Waals surface area contributed by atoms with Crippen LogP contribution in [0.3, 0.4) is 0 Å². The Hall–Kier alpha value is -6.21. The molecule has 25 heteroatoms. The average Bonchev–Trinajstić information content (AvgIpc) is 1.16. The summed E-state index contributed by atoms with van der Waals surface area (Å²) >= 11 is 0. The Morgan fingerprint density at radius 2 is 0.908 bits per heavy atom. The number of allylic oxidation sites excluding steroid dienone is 2. The van der Waals surface area contributed by atoms with Crippen molar-refractivity contribution in [2.45, 2.75) is 234 Å². The van der Waals surface area contributed by atoms with E-state index in [-0.39, 0.29) is 62.2 Å². The first-order valence-corrected chi connectivity index (χ1v) is 30.7. The maximum absolute atomic E-state index is 15.1. The van der Waals surface area contributed by atoms with E-state index in [1.165, 1.54) is 81.8 Å². The lowest BCUT2D eigenvalue weighted by atomic mass is 9.91. The zero-order chi connectivity index (χ0) is 67.6. The minimum Gasteiger partial charge on any atom is -0.391 e. The molecular formula is C62H111N11O14. The summed E-state index contributed by atoms with van der Waals surface area (Å²) in [6, 6.07) is -13.9. The summed E-state index contributed by atoms with van der Waals surface area (Å²) in [5.74, 6) is -10.9. The zero-order valence-electron chi connectivity index (χ0n) is 56.5. The third kappa shape index (κ3) is 23.7. The Morgan fingerprint density at radius 1 is 0.494 bits per heavy atom. The van der Waals surface area contributed by atoms with Crippen molar-refractivity contribution in [3.05, 3.63) is 12.2 Å². The predicted octanol–water partition coefficient (Wildman–Crippen LogP) is 1.40. The van der Waals surface area contributed by atoms with Crippen molar-refractivity contribution in [3.63, 3.8) is 0 Å². The minimum absolute atomic E-state index is 0.0259. The summed E-state index contributed by atoms with van der Waals surface area (Å²) in [4.78, 5) is 166. The topological polar surface area (TPSA) is 328 Å². The van der Waals surface area contributed by atoms with Crippen molar-refractivity contribution in [2.24, 2.45) is 35.5 Å². The molecule has 498 valence electrons. The van der Waals surface area contributed by atoms with E-state index in [1.807, 2.05) is 41.5 Å². The molecule has 0 aromatic heterocycles. The van der Waals surface area contributed by atoms with E-state index < -0.39 is 162 Å². The van der Waals surface area contributed by atoms with Crippen molar-refractivity contribution in [2.75, 3.05) is 48.8 Å². The number of aliphatic hydroxyl groups excluding tert-OH is 2. The van der Waals surface area contributed by atoms with E-state index in [9.17, 15) is 63.3 Å².